The Balaban J connectivity index is 1.62. The molecule has 2 aromatic heterocycles. The van der Waals surface area contributed by atoms with Crippen LogP contribution in [0, 0.1) is 5.41 Å². The number of nitrogens with zero attached hydrogens (tertiary/aromatic N) is 3. The van der Waals surface area contributed by atoms with Crippen molar-refractivity contribution in [1.29, 1.82) is 5.41 Å². The lowest BCUT2D eigenvalue weighted by Gasteiger charge is -2.28. The highest BCUT2D eigenvalue weighted by Gasteiger charge is 2.35. The Labute approximate surface area is 198 Å². The zero-order valence-corrected chi connectivity index (χ0v) is 19.1. The van der Waals surface area contributed by atoms with E-state index in [0.29, 0.717) is 15.6 Å². The Morgan fingerprint density at radius 1 is 1.12 bits per heavy atom. The minimum absolute atomic E-state index is 0.145. The van der Waals surface area contributed by atoms with Crippen LogP contribution in [-0.2, 0) is 0 Å². The second kappa shape index (κ2) is 10.0. The molecule has 0 atom stereocenters. The normalized spacial score (nSPS) is 15.0. The summed E-state index contributed by atoms with van der Waals surface area (Å²) in [6, 6.07) is 14.2. The van der Waals surface area contributed by atoms with Gasteiger partial charge in [-0.25, -0.2) is 4.98 Å². The number of hydrogen-bond donors (Lipinski definition) is 2. The number of halogens is 4. The van der Waals surface area contributed by atoms with Crippen molar-refractivity contribution in [3.05, 3.63) is 64.6 Å². The standard InChI is InChI=1S/C23H21ClF3N5S/c24-16-3-1-2-4-17(16)31-18(13-21(28)23(25,26)27)20-7-6-19(33-20)15-5-8-22(30-14-15)32-11-9-29-10-12-32/h1-8,14,28-29H,9-13H2. The molecule has 0 saturated carbocycles. The number of nitrogens with one attached hydrogen (secondary N) is 2. The first kappa shape index (κ1) is 23.4. The molecule has 1 fully saturated rings. The minimum atomic E-state index is -4.72. The summed E-state index contributed by atoms with van der Waals surface area (Å²) < 4.78 is 39.3. The van der Waals surface area contributed by atoms with E-state index in [1.165, 1.54) is 11.3 Å². The van der Waals surface area contributed by atoms with Gasteiger partial charge < -0.3 is 15.6 Å². The van der Waals surface area contributed by atoms with Gasteiger partial charge in [0.15, 0.2) is 0 Å². The molecule has 5 nitrogen and oxygen atoms in total. The first-order chi connectivity index (χ1) is 15.8. The van der Waals surface area contributed by atoms with Crippen molar-refractivity contribution in [3.63, 3.8) is 0 Å². The Kier molecular flexibility index (Phi) is 7.11. The van der Waals surface area contributed by atoms with Crippen LogP contribution in [0.25, 0.3) is 10.4 Å². The van der Waals surface area contributed by atoms with Crippen LogP contribution in [0.15, 0.2) is 59.7 Å². The molecule has 4 rings (SSSR count). The topological polar surface area (TPSA) is 64.4 Å². The van der Waals surface area contributed by atoms with E-state index in [1.54, 1.807) is 36.5 Å². The largest absolute Gasteiger partial charge is 0.429 e. The summed E-state index contributed by atoms with van der Waals surface area (Å²) in [7, 11) is 0. The van der Waals surface area contributed by atoms with E-state index in [9.17, 15) is 13.2 Å². The molecule has 3 aromatic rings. The van der Waals surface area contributed by atoms with Gasteiger partial charge in [-0.3, -0.25) is 4.99 Å². The van der Waals surface area contributed by atoms with E-state index in [0.717, 1.165) is 42.4 Å². The molecular formula is C23H21ClF3N5S. The Morgan fingerprint density at radius 2 is 1.88 bits per heavy atom. The third-order valence-electron chi connectivity index (χ3n) is 5.16. The maximum atomic E-state index is 13.1. The highest BCUT2D eigenvalue weighted by Crippen LogP contribution is 2.33. The number of aromatic nitrogens is 1. The predicted molar refractivity (Wildman–Crippen MR) is 129 cm³/mol. The van der Waals surface area contributed by atoms with E-state index >= 15 is 0 Å². The number of hydrogen-bond acceptors (Lipinski definition) is 6. The number of pyridine rings is 1. The zero-order chi connectivity index (χ0) is 23.4. The SMILES string of the molecule is N=C(CC(=Nc1ccccc1Cl)c1ccc(-c2ccc(N3CCNCC3)nc2)s1)C(F)(F)F. The van der Waals surface area contributed by atoms with Gasteiger partial charge in [0.1, 0.15) is 11.5 Å². The Morgan fingerprint density at radius 3 is 2.55 bits per heavy atom. The van der Waals surface area contributed by atoms with Crippen LogP contribution < -0.4 is 10.2 Å². The predicted octanol–water partition coefficient (Wildman–Crippen LogP) is 5.97. The molecule has 10 heteroatoms. The summed E-state index contributed by atoms with van der Waals surface area (Å²) in [5.41, 5.74) is 0.0200. The Bertz CT molecular complexity index is 1150. The summed E-state index contributed by atoms with van der Waals surface area (Å²) in [6.07, 6.45) is -3.59. The maximum Gasteiger partial charge on any atom is 0.429 e. The third kappa shape index (κ3) is 5.79. The summed E-state index contributed by atoms with van der Waals surface area (Å²) in [4.78, 5) is 12.6. The van der Waals surface area contributed by atoms with Gasteiger partial charge in [-0.05, 0) is 36.4 Å². The lowest BCUT2D eigenvalue weighted by molar-refractivity contribution is -0.0605. The number of piperazine rings is 1. The van der Waals surface area contributed by atoms with Gasteiger partial charge in [0.25, 0.3) is 0 Å². The number of alkyl halides is 3. The van der Waals surface area contributed by atoms with Gasteiger partial charge in [0.05, 0.1) is 16.4 Å². The van der Waals surface area contributed by atoms with Crippen molar-refractivity contribution in [2.75, 3.05) is 31.1 Å². The van der Waals surface area contributed by atoms with Crippen molar-refractivity contribution in [1.82, 2.24) is 10.3 Å². The maximum absolute atomic E-state index is 13.1. The fourth-order valence-corrected chi connectivity index (χ4v) is 4.56. The second-order valence-corrected chi connectivity index (χ2v) is 8.96. The summed E-state index contributed by atoms with van der Waals surface area (Å²) in [6.45, 7) is 3.61. The van der Waals surface area contributed by atoms with E-state index in [4.69, 9.17) is 17.0 Å². The summed E-state index contributed by atoms with van der Waals surface area (Å²) in [5, 5.41) is 11.1. The van der Waals surface area contributed by atoms with Gasteiger partial charge in [-0.1, -0.05) is 23.7 Å². The molecule has 0 radical (unpaired) electrons. The van der Waals surface area contributed by atoms with Gasteiger partial charge in [0.2, 0.25) is 0 Å². The second-order valence-electron chi connectivity index (χ2n) is 7.47. The average Bonchev–Trinajstić information content (AvgIpc) is 3.30. The summed E-state index contributed by atoms with van der Waals surface area (Å²) >= 11 is 7.48. The van der Waals surface area contributed by atoms with Crippen molar-refractivity contribution in [3.8, 4) is 10.4 Å². The van der Waals surface area contributed by atoms with Crippen LogP contribution in [0.1, 0.15) is 11.3 Å². The molecule has 172 valence electrons. The molecule has 1 saturated heterocycles. The van der Waals surface area contributed by atoms with E-state index in [-0.39, 0.29) is 5.71 Å². The van der Waals surface area contributed by atoms with E-state index in [2.05, 4.69) is 20.2 Å². The molecule has 1 aliphatic rings. The molecular weight excluding hydrogens is 471 g/mol. The van der Waals surface area contributed by atoms with Crippen LogP contribution in [0.4, 0.5) is 24.7 Å². The molecule has 0 aliphatic carbocycles. The number of rotatable bonds is 6. The first-order valence-corrected chi connectivity index (χ1v) is 11.5. The van der Waals surface area contributed by atoms with Crippen LogP contribution in [-0.4, -0.2) is 48.8 Å². The smallest absolute Gasteiger partial charge is 0.354 e. The van der Waals surface area contributed by atoms with Crippen molar-refractivity contribution in [2.24, 2.45) is 4.99 Å². The molecule has 1 aromatic carbocycles. The minimum Gasteiger partial charge on any atom is -0.354 e. The number of thiophene rings is 1. The van der Waals surface area contributed by atoms with E-state index in [1.807, 2.05) is 18.2 Å². The molecule has 0 bridgehead atoms. The zero-order valence-electron chi connectivity index (χ0n) is 17.5. The fraction of sp³-hybridized carbons (Fsp3) is 0.261. The van der Waals surface area contributed by atoms with Gasteiger partial charge in [-0.15, -0.1) is 11.3 Å². The monoisotopic (exact) mass is 491 g/mol. The van der Waals surface area contributed by atoms with E-state index < -0.39 is 18.3 Å². The van der Waals surface area contributed by atoms with Crippen LogP contribution in [0.3, 0.4) is 0 Å². The van der Waals surface area contributed by atoms with Crippen molar-refractivity contribution < 1.29 is 13.2 Å². The highest BCUT2D eigenvalue weighted by molar-refractivity contribution is 7.17. The van der Waals surface area contributed by atoms with Crippen LogP contribution >= 0.6 is 22.9 Å². The number of benzene rings is 1. The number of anilines is 1. The van der Waals surface area contributed by atoms with Gasteiger partial charge in [0, 0.05) is 54.1 Å². The van der Waals surface area contributed by atoms with Crippen LogP contribution in [0.5, 0.6) is 0 Å². The van der Waals surface area contributed by atoms with Crippen molar-refractivity contribution >= 4 is 45.9 Å². The molecule has 3 heterocycles. The quantitative estimate of drug-likeness (QED) is 0.418. The first-order valence-electron chi connectivity index (χ1n) is 10.3. The molecule has 1 aliphatic heterocycles. The number of para-hydroxylation sites is 1. The average molecular weight is 492 g/mol. The fourth-order valence-electron chi connectivity index (χ4n) is 3.40. The lowest BCUT2D eigenvalue weighted by Crippen LogP contribution is -2.43. The lowest BCUT2D eigenvalue weighted by atomic mass is 10.1. The van der Waals surface area contributed by atoms with Gasteiger partial charge >= 0.3 is 6.18 Å². The Hall–Kier alpha value is -2.75. The summed E-state index contributed by atoms with van der Waals surface area (Å²) in [5.74, 6) is 0.900. The van der Waals surface area contributed by atoms with Gasteiger partial charge in [-0.2, -0.15) is 13.2 Å². The molecule has 0 unspecified atom stereocenters. The molecule has 0 spiro atoms. The number of aliphatic imine (C=N–C) groups is 1. The third-order valence-corrected chi connectivity index (χ3v) is 6.66. The molecule has 33 heavy (non-hydrogen) atoms. The molecule has 2 N–H and O–H groups in total. The highest BCUT2D eigenvalue weighted by atomic mass is 35.5. The van der Waals surface area contributed by atoms with Crippen LogP contribution in [0.2, 0.25) is 5.02 Å². The van der Waals surface area contributed by atoms with Crippen molar-refractivity contribution in [2.45, 2.75) is 12.6 Å². The molecule has 0 amide bonds.